The minimum atomic E-state index is -0.0960. The molecular formula is C13H20O2. The molecule has 0 aromatic carbocycles. The van der Waals surface area contributed by atoms with E-state index in [1.165, 1.54) is 6.42 Å². The molecule has 2 heteroatoms. The highest BCUT2D eigenvalue weighted by molar-refractivity contribution is 5.69. The van der Waals surface area contributed by atoms with Crippen molar-refractivity contribution in [2.45, 2.75) is 46.1 Å². The van der Waals surface area contributed by atoms with Crippen LogP contribution in [-0.4, -0.2) is 12.1 Å². The maximum atomic E-state index is 11.2. The van der Waals surface area contributed by atoms with Crippen LogP contribution in [0.25, 0.3) is 0 Å². The maximum absolute atomic E-state index is 11.2. The minimum absolute atomic E-state index is 0.00130. The lowest BCUT2D eigenvalue weighted by molar-refractivity contribution is -0.147. The van der Waals surface area contributed by atoms with Crippen molar-refractivity contribution >= 4 is 5.97 Å². The first-order valence-electron chi connectivity index (χ1n) is 5.89. The Bertz CT molecular complexity index is 306. The molecule has 0 aromatic rings. The van der Waals surface area contributed by atoms with Gasteiger partial charge in [-0.25, -0.2) is 0 Å². The van der Waals surface area contributed by atoms with Gasteiger partial charge >= 0.3 is 5.97 Å². The van der Waals surface area contributed by atoms with E-state index in [0.717, 1.165) is 12.0 Å². The lowest BCUT2D eigenvalue weighted by Gasteiger charge is -2.20. The summed E-state index contributed by atoms with van der Waals surface area (Å²) in [5.41, 5.74) is 1.57. The van der Waals surface area contributed by atoms with E-state index >= 15 is 0 Å². The van der Waals surface area contributed by atoms with Crippen molar-refractivity contribution in [1.82, 2.24) is 0 Å². The van der Waals surface area contributed by atoms with Gasteiger partial charge in [-0.05, 0) is 35.7 Å². The number of esters is 1. The Kier molecular flexibility index (Phi) is 2.40. The second-order valence-corrected chi connectivity index (χ2v) is 5.26. The van der Waals surface area contributed by atoms with E-state index in [1.807, 2.05) is 6.92 Å². The molecule has 0 amide bonds. The second-order valence-electron chi connectivity index (χ2n) is 5.26. The van der Waals surface area contributed by atoms with E-state index in [4.69, 9.17) is 4.74 Å². The fourth-order valence-electron chi connectivity index (χ4n) is 2.98. The van der Waals surface area contributed by atoms with E-state index in [0.29, 0.717) is 23.7 Å². The molecule has 0 unspecified atom stereocenters. The molecule has 15 heavy (non-hydrogen) atoms. The number of ether oxygens (including phenoxy) is 1. The van der Waals surface area contributed by atoms with Crippen molar-refractivity contribution in [2.75, 3.05) is 0 Å². The van der Waals surface area contributed by atoms with Gasteiger partial charge in [-0.3, -0.25) is 4.79 Å². The van der Waals surface area contributed by atoms with E-state index < -0.39 is 0 Å². The summed E-state index contributed by atoms with van der Waals surface area (Å²) in [6.07, 6.45) is 2.71. The van der Waals surface area contributed by atoms with Gasteiger partial charge in [0.1, 0.15) is 6.10 Å². The third-order valence-corrected chi connectivity index (χ3v) is 4.26. The van der Waals surface area contributed by atoms with Gasteiger partial charge in [0.15, 0.2) is 0 Å². The molecule has 0 radical (unpaired) electrons. The minimum Gasteiger partial charge on any atom is -0.458 e. The summed E-state index contributed by atoms with van der Waals surface area (Å²) in [6, 6.07) is 0. The molecule has 2 aliphatic rings. The van der Waals surface area contributed by atoms with Crippen molar-refractivity contribution in [1.29, 1.82) is 0 Å². The number of carbonyl (C=O) groups is 1. The van der Waals surface area contributed by atoms with Gasteiger partial charge in [-0.1, -0.05) is 27.4 Å². The summed E-state index contributed by atoms with van der Waals surface area (Å²) >= 11 is 0. The zero-order chi connectivity index (χ0) is 11.2. The van der Waals surface area contributed by atoms with Crippen LogP contribution in [0.15, 0.2) is 12.2 Å². The van der Waals surface area contributed by atoms with Gasteiger partial charge in [0.2, 0.25) is 0 Å². The van der Waals surface area contributed by atoms with Crippen LogP contribution < -0.4 is 0 Å². The van der Waals surface area contributed by atoms with Gasteiger partial charge in [-0.15, -0.1) is 0 Å². The third-order valence-electron chi connectivity index (χ3n) is 4.26. The summed E-state index contributed by atoms with van der Waals surface area (Å²) in [5, 5.41) is 0. The Morgan fingerprint density at radius 2 is 2.27 bits per heavy atom. The lowest BCUT2D eigenvalue weighted by atomic mass is 9.89. The van der Waals surface area contributed by atoms with Crippen molar-refractivity contribution < 1.29 is 9.53 Å². The Morgan fingerprint density at radius 1 is 1.60 bits per heavy atom. The topological polar surface area (TPSA) is 26.3 Å². The van der Waals surface area contributed by atoms with Crippen LogP contribution in [-0.2, 0) is 9.53 Å². The van der Waals surface area contributed by atoms with Gasteiger partial charge in [0.05, 0.1) is 0 Å². The molecule has 84 valence electrons. The first-order chi connectivity index (χ1) is 7.01. The number of hydrogen-bond acceptors (Lipinski definition) is 2. The van der Waals surface area contributed by atoms with Crippen LogP contribution in [0.1, 0.15) is 40.0 Å². The fraction of sp³-hybridized carbons (Fsp3) is 0.769. The zero-order valence-corrected chi connectivity index (χ0v) is 9.88. The zero-order valence-electron chi connectivity index (χ0n) is 9.88. The van der Waals surface area contributed by atoms with Crippen LogP contribution in [0.4, 0.5) is 0 Å². The predicted octanol–water partition coefficient (Wildman–Crippen LogP) is 2.93. The summed E-state index contributed by atoms with van der Waals surface area (Å²) in [7, 11) is 0. The largest absolute Gasteiger partial charge is 0.458 e. The third kappa shape index (κ3) is 1.51. The van der Waals surface area contributed by atoms with Crippen LogP contribution in [0, 0.1) is 17.3 Å². The van der Waals surface area contributed by atoms with Gasteiger partial charge in [0.25, 0.3) is 0 Å². The smallest absolute Gasteiger partial charge is 0.306 e. The molecule has 0 heterocycles. The molecule has 3 atom stereocenters. The molecule has 0 bridgehead atoms. The first-order valence-corrected chi connectivity index (χ1v) is 5.89. The Balaban J connectivity index is 2.02. The van der Waals surface area contributed by atoms with E-state index in [1.54, 1.807) is 0 Å². The highest BCUT2D eigenvalue weighted by Gasteiger charge is 2.64. The quantitative estimate of drug-likeness (QED) is 0.526. The molecule has 2 fully saturated rings. The molecule has 0 N–H and O–H groups in total. The standard InChI is InChI=1S/C13H20O2/c1-5-12(14)15-11-7-13(8(2)3)6-10(13)9(11)4/h8,10-11H,4-7H2,1-3H3/t10-,11-,13+/m0/s1. The normalized spacial score (nSPS) is 38.0. The molecule has 2 nitrogen and oxygen atoms in total. The number of fused-ring (bicyclic) bond motifs is 1. The molecule has 0 spiro atoms. The molecule has 0 saturated heterocycles. The molecule has 0 aromatic heterocycles. The summed E-state index contributed by atoms with van der Waals surface area (Å²) in [5.74, 6) is 1.19. The number of hydrogen-bond donors (Lipinski definition) is 0. The summed E-state index contributed by atoms with van der Waals surface area (Å²) in [4.78, 5) is 11.2. The van der Waals surface area contributed by atoms with E-state index in [2.05, 4.69) is 20.4 Å². The number of rotatable bonds is 3. The average Bonchev–Trinajstić information content (AvgIpc) is 2.85. The van der Waals surface area contributed by atoms with E-state index in [9.17, 15) is 4.79 Å². The van der Waals surface area contributed by atoms with Gasteiger partial charge in [0, 0.05) is 6.42 Å². The Hall–Kier alpha value is -0.790. The molecule has 2 rings (SSSR count). The SMILES string of the molecule is C=C1[C@@H](OC(=O)CC)C[C@@]2(C(C)C)C[C@@H]12. The maximum Gasteiger partial charge on any atom is 0.306 e. The highest BCUT2D eigenvalue weighted by Crippen LogP contribution is 2.69. The number of carbonyl (C=O) groups excluding carboxylic acids is 1. The average molecular weight is 208 g/mol. The highest BCUT2D eigenvalue weighted by atomic mass is 16.5. The second kappa shape index (κ2) is 3.36. The molecule has 0 aliphatic heterocycles. The first kappa shape index (κ1) is 10.7. The Morgan fingerprint density at radius 3 is 2.73 bits per heavy atom. The van der Waals surface area contributed by atoms with Gasteiger partial charge < -0.3 is 4.74 Å². The predicted molar refractivity (Wildman–Crippen MR) is 59.3 cm³/mol. The summed E-state index contributed by atoms with van der Waals surface area (Å²) < 4.78 is 5.41. The summed E-state index contributed by atoms with van der Waals surface area (Å²) in [6.45, 7) is 10.5. The van der Waals surface area contributed by atoms with Crippen LogP contribution in [0.3, 0.4) is 0 Å². The van der Waals surface area contributed by atoms with Crippen LogP contribution in [0.2, 0.25) is 0 Å². The van der Waals surface area contributed by atoms with Crippen molar-refractivity contribution in [3.8, 4) is 0 Å². The van der Waals surface area contributed by atoms with Crippen molar-refractivity contribution in [2.24, 2.45) is 17.3 Å². The molecular weight excluding hydrogens is 188 g/mol. The van der Waals surface area contributed by atoms with Crippen LogP contribution in [0.5, 0.6) is 0 Å². The monoisotopic (exact) mass is 208 g/mol. The molecule has 2 saturated carbocycles. The molecule has 2 aliphatic carbocycles. The van der Waals surface area contributed by atoms with Gasteiger partial charge in [-0.2, -0.15) is 0 Å². The fourth-order valence-corrected chi connectivity index (χ4v) is 2.98. The van der Waals surface area contributed by atoms with Crippen LogP contribution >= 0.6 is 0 Å². The van der Waals surface area contributed by atoms with Crippen molar-refractivity contribution in [3.05, 3.63) is 12.2 Å². The lowest BCUT2D eigenvalue weighted by Crippen LogP contribution is -2.20. The van der Waals surface area contributed by atoms with Crippen molar-refractivity contribution in [3.63, 3.8) is 0 Å². The Labute approximate surface area is 91.7 Å². The van der Waals surface area contributed by atoms with E-state index in [-0.39, 0.29) is 12.1 Å².